The topological polar surface area (TPSA) is 20.2 Å². The molecule has 0 aromatic heterocycles. The Bertz CT molecular complexity index is 198. The Morgan fingerprint density at radius 2 is 1.10 bits per heavy atom. The lowest BCUT2D eigenvalue weighted by atomic mass is 9.81. The molecular formula is C19H40O. The van der Waals surface area contributed by atoms with E-state index in [1.165, 1.54) is 51.4 Å². The van der Waals surface area contributed by atoms with Crippen molar-refractivity contribution in [1.82, 2.24) is 0 Å². The second-order valence-electron chi connectivity index (χ2n) is 7.65. The van der Waals surface area contributed by atoms with Gasteiger partial charge in [-0.05, 0) is 31.1 Å². The molecule has 0 aromatic rings. The van der Waals surface area contributed by atoms with Crippen molar-refractivity contribution in [3.05, 3.63) is 0 Å². The fourth-order valence-electron chi connectivity index (χ4n) is 3.40. The van der Waals surface area contributed by atoms with E-state index in [0.717, 1.165) is 19.3 Å². The fraction of sp³-hybridized carbons (Fsp3) is 1.00. The highest BCUT2D eigenvalue weighted by molar-refractivity contribution is 4.81. The molecule has 0 aromatic carbocycles. The molecule has 122 valence electrons. The van der Waals surface area contributed by atoms with Crippen molar-refractivity contribution in [3.8, 4) is 0 Å². The van der Waals surface area contributed by atoms with Crippen LogP contribution in [0.15, 0.2) is 0 Å². The highest BCUT2D eigenvalue weighted by Crippen LogP contribution is 2.30. The normalized spacial score (nSPS) is 12.6. The molecule has 0 saturated carbocycles. The number of aliphatic hydroxyl groups is 1. The van der Waals surface area contributed by atoms with Gasteiger partial charge in [0.2, 0.25) is 0 Å². The van der Waals surface area contributed by atoms with E-state index in [9.17, 15) is 5.11 Å². The zero-order chi connectivity index (χ0) is 15.4. The summed E-state index contributed by atoms with van der Waals surface area (Å²) in [6.07, 6.45) is 13.7. The fourth-order valence-corrected chi connectivity index (χ4v) is 3.40. The molecule has 0 fully saturated rings. The first-order valence-electron chi connectivity index (χ1n) is 9.12. The third kappa shape index (κ3) is 11.8. The van der Waals surface area contributed by atoms with Crippen LogP contribution < -0.4 is 0 Å². The Morgan fingerprint density at radius 1 is 0.700 bits per heavy atom. The van der Waals surface area contributed by atoms with E-state index in [-0.39, 0.29) is 0 Å². The first kappa shape index (κ1) is 20.0. The van der Waals surface area contributed by atoms with E-state index in [4.69, 9.17) is 0 Å². The average Bonchev–Trinajstić information content (AvgIpc) is 2.30. The number of unbranched alkanes of at least 4 members (excludes halogenated alkanes) is 7. The molecule has 0 heterocycles. The van der Waals surface area contributed by atoms with E-state index in [2.05, 4.69) is 34.6 Å². The van der Waals surface area contributed by atoms with Crippen LogP contribution in [0.4, 0.5) is 0 Å². The third-order valence-electron chi connectivity index (χ3n) is 4.07. The minimum Gasteiger partial charge on any atom is -0.390 e. The van der Waals surface area contributed by atoms with Crippen LogP contribution in [0.1, 0.15) is 105 Å². The predicted octanol–water partition coefficient (Wildman–Crippen LogP) is 6.34. The molecule has 0 aliphatic carbocycles. The molecular weight excluding hydrogens is 244 g/mol. The molecule has 20 heavy (non-hydrogen) atoms. The molecule has 0 amide bonds. The minimum atomic E-state index is -0.412. The van der Waals surface area contributed by atoms with Crippen molar-refractivity contribution in [1.29, 1.82) is 0 Å². The maximum absolute atomic E-state index is 10.8. The smallest absolute Gasteiger partial charge is 0.0652 e. The van der Waals surface area contributed by atoms with Crippen molar-refractivity contribution < 1.29 is 5.11 Å². The van der Waals surface area contributed by atoms with Crippen molar-refractivity contribution in [3.63, 3.8) is 0 Å². The Morgan fingerprint density at radius 3 is 1.50 bits per heavy atom. The van der Waals surface area contributed by atoms with Gasteiger partial charge in [0, 0.05) is 0 Å². The minimum absolute atomic E-state index is 0.412. The molecule has 0 bridgehead atoms. The van der Waals surface area contributed by atoms with Crippen molar-refractivity contribution in [2.75, 3.05) is 0 Å². The summed E-state index contributed by atoms with van der Waals surface area (Å²) in [5.41, 5.74) is -0.412. The van der Waals surface area contributed by atoms with Crippen molar-refractivity contribution in [2.24, 2.45) is 11.8 Å². The Balaban J connectivity index is 3.79. The Hall–Kier alpha value is -0.0400. The van der Waals surface area contributed by atoms with Gasteiger partial charge >= 0.3 is 0 Å². The quantitative estimate of drug-likeness (QED) is 0.391. The summed E-state index contributed by atoms with van der Waals surface area (Å²) in [5, 5.41) is 10.8. The van der Waals surface area contributed by atoms with Crippen LogP contribution in [0.5, 0.6) is 0 Å². The zero-order valence-corrected chi connectivity index (χ0v) is 14.9. The summed E-state index contributed by atoms with van der Waals surface area (Å²) in [6, 6.07) is 0. The number of hydrogen-bond donors (Lipinski definition) is 1. The van der Waals surface area contributed by atoms with Gasteiger partial charge in [-0.3, -0.25) is 0 Å². The lowest BCUT2D eigenvalue weighted by Crippen LogP contribution is -2.32. The Labute approximate surface area is 128 Å². The highest BCUT2D eigenvalue weighted by Gasteiger charge is 2.28. The lowest BCUT2D eigenvalue weighted by Gasteiger charge is -2.31. The molecule has 1 N–H and O–H groups in total. The summed E-state index contributed by atoms with van der Waals surface area (Å²) < 4.78 is 0. The van der Waals surface area contributed by atoms with Crippen LogP contribution in [0.25, 0.3) is 0 Å². The molecule has 0 atom stereocenters. The maximum atomic E-state index is 10.8. The molecule has 0 spiro atoms. The van der Waals surface area contributed by atoms with Gasteiger partial charge in [-0.1, -0.05) is 86.0 Å². The molecule has 0 aliphatic heterocycles. The Kier molecular flexibility index (Phi) is 11.6. The number of hydrogen-bond acceptors (Lipinski definition) is 1. The molecule has 0 radical (unpaired) electrons. The van der Waals surface area contributed by atoms with Crippen molar-refractivity contribution in [2.45, 2.75) is 111 Å². The summed E-state index contributed by atoms with van der Waals surface area (Å²) >= 11 is 0. The number of rotatable bonds is 13. The van der Waals surface area contributed by atoms with Gasteiger partial charge in [0.25, 0.3) is 0 Å². The highest BCUT2D eigenvalue weighted by atomic mass is 16.3. The van der Waals surface area contributed by atoms with Gasteiger partial charge < -0.3 is 5.11 Å². The predicted molar refractivity (Wildman–Crippen MR) is 91.1 cm³/mol. The van der Waals surface area contributed by atoms with Gasteiger partial charge in [-0.2, -0.15) is 0 Å². The summed E-state index contributed by atoms with van der Waals surface area (Å²) in [7, 11) is 0. The SMILES string of the molecule is CCCCCCCCCCC(O)(CC(C)C)CC(C)C. The molecule has 0 saturated heterocycles. The van der Waals surface area contributed by atoms with Crippen LogP contribution >= 0.6 is 0 Å². The zero-order valence-electron chi connectivity index (χ0n) is 14.9. The summed E-state index contributed by atoms with van der Waals surface area (Å²) in [5.74, 6) is 1.18. The van der Waals surface area contributed by atoms with Gasteiger partial charge in [-0.15, -0.1) is 0 Å². The monoisotopic (exact) mass is 284 g/mol. The maximum Gasteiger partial charge on any atom is 0.0652 e. The molecule has 0 unspecified atom stereocenters. The van der Waals surface area contributed by atoms with Crippen LogP contribution in [0.3, 0.4) is 0 Å². The average molecular weight is 285 g/mol. The van der Waals surface area contributed by atoms with Crippen LogP contribution in [-0.4, -0.2) is 10.7 Å². The molecule has 1 nitrogen and oxygen atoms in total. The van der Waals surface area contributed by atoms with E-state index in [1.807, 2.05) is 0 Å². The van der Waals surface area contributed by atoms with E-state index in [1.54, 1.807) is 0 Å². The van der Waals surface area contributed by atoms with Crippen LogP contribution in [0, 0.1) is 11.8 Å². The van der Waals surface area contributed by atoms with E-state index in [0.29, 0.717) is 11.8 Å². The van der Waals surface area contributed by atoms with Crippen LogP contribution in [0.2, 0.25) is 0 Å². The standard InChI is InChI=1S/C19H40O/c1-6-7-8-9-10-11-12-13-14-19(20,15-17(2)3)16-18(4)5/h17-18,20H,6-16H2,1-5H3. The lowest BCUT2D eigenvalue weighted by molar-refractivity contribution is -0.00947. The van der Waals surface area contributed by atoms with Gasteiger partial charge in [-0.25, -0.2) is 0 Å². The van der Waals surface area contributed by atoms with Gasteiger partial charge in [0.1, 0.15) is 0 Å². The first-order valence-corrected chi connectivity index (χ1v) is 9.12. The summed E-state index contributed by atoms with van der Waals surface area (Å²) in [4.78, 5) is 0. The summed E-state index contributed by atoms with van der Waals surface area (Å²) in [6.45, 7) is 11.2. The van der Waals surface area contributed by atoms with Crippen LogP contribution in [-0.2, 0) is 0 Å². The second kappa shape index (κ2) is 11.6. The first-order chi connectivity index (χ1) is 9.39. The molecule has 1 heteroatoms. The van der Waals surface area contributed by atoms with Gasteiger partial charge in [0.15, 0.2) is 0 Å². The third-order valence-corrected chi connectivity index (χ3v) is 4.07. The largest absolute Gasteiger partial charge is 0.390 e. The molecule has 0 aliphatic rings. The van der Waals surface area contributed by atoms with E-state index >= 15 is 0 Å². The molecule has 0 rings (SSSR count). The van der Waals surface area contributed by atoms with E-state index < -0.39 is 5.60 Å². The van der Waals surface area contributed by atoms with Gasteiger partial charge in [0.05, 0.1) is 5.60 Å². The van der Waals surface area contributed by atoms with Crippen molar-refractivity contribution >= 4 is 0 Å². The second-order valence-corrected chi connectivity index (χ2v) is 7.65.